The van der Waals surface area contributed by atoms with Crippen molar-refractivity contribution in [1.29, 1.82) is 0 Å². The number of hydrogen-bond donors (Lipinski definition) is 1. The van der Waals surface area contributed by atoms with E-state index >= 15 is 0 Å². The average Bonchev–Trinajstić information content (AvgIpc) is 2.69. The van der Waals surface area contributed by atoms with Gasteiger partial charge in [0.05, 0.1) is 10.7 Å². The maximum atomic E-state index is 12.5. The van der Waals surface area contributed by atoms with Crippen molar-refractivity contribution >= 4 is 29.1 Å². The molecule has 0 atom stereocenters. The van der Waals surface area contributed by atoms with Crippen LogP contribution in [0.2, 0.25) is 5.02 Å². The molecule has 0 unspecified atom stereocenters. The summed E-state index contributed by atoms with van der Waals surface area (Å²) in [5.41, 5.74) is 1.67. The van der Waals surface area contributed by atoms with Gasteiger partial charge in [-0.3, -0.25) is 9.59 Å². The number of para-hydroxylation sites is 1. The molecule has 2 aromatic carbocycles. The number of nitrogens with one attached hydrogen (secondary N) is 1. The molecular weight excluding hydrogens is 364 g/mol. The van der Waals surface area contributed by atoms with E-state index in [1.807, 2.05) is 55.5 Å². The van der Waals surface area contributed by atoms with E-state index in [4.69, 9.17) is 16.3 Å². The minimum atomic E-state index is -0.124. The molecule has 1 aliphatic rings. The first-order valence-corrected chi connectivity index (χ1v) is 9.43. The maximum Gasteiger partial charge on any atom is 0.260 e. The number of carbonyl (C=O) groups excluding carboxylic acids is 2. The lowest BCUT2D eigenvalue weighted by molar-refractivity contribution is -0.136. The van der Waals surface area contributed by atoms with Crippen LogP contribution in [0.15, 0.2) is 48.5 Å². The molecule has 27 heavy (non-hydrogen) atoms. The van der Waals surface area contributed by atoms with Gasteiger partial charge in [-0.1, -0.05) is 35.9 Å². The molecule has 6 heteroatoms. The van der Waals surface area contributed by atoms with E-state index in [2.05, 4.69) is 5.32 Å². The molecule has 1 saturated heterocycles. The quantitative estimate of drug-likeness (QED) is 0.847. The summed E-state index contributed by atoms with van der Waals surface area (Å²) in [6.07, 6.45) is 1.26. The molecule has 0 aliphatic carbocycles. The van der Waals surface area contributed by atoms with Crippen LogP contribution >= 0.6 is 11.6 Å². The summed E-state index contributed by atoms with van der Waals surface area (Å²) in [4.78, 5) is 26.5. The zero-order valence-corrected chi connectivity index (χ0v) is 16.0. The first kappa shape index (κ1) is 19.2. The highest BCUT2D eigenvalue weighted by atomic mass is 35.5. The Labute approximate surface area is 164 Å². The van der Waals surface area contributed by atoms with Gasteiger partial charge in [0.1, 0.15) is 5.75 Å². The van der Waals surface area contributed by atoms with Crippen molar-refractivity contribution in [3.05, 3.63) is 59.1 Å². The molecule has 3 rings (SSSR count). The molecule has 1 N–H and O–H groups in total. The van der Waals surface area contributed by atoms with E-state index in [0.717, 1.165) is 5.56 Å². The number of anilines is 1. The smallest absolute Gasteiger partial charge is 0.260 e. The third-order valence-corrected chi connectivity index (χ3v) is 5.02. The first-order valence-electron chi connectivity index (χ1n) is 9.05. The minimum absolute atomic E-state index is 0.0137. The SMILES string of the molecule is Cc1ccc(NC(=O)C2CCN(C(=O)COc3ccccc3)CC2)c(Cl)c1. The van der Waals surface area contributed by atoms with Crippen LogP contribution in [0.1, 0.15) is 18.4 Å². The molecular formula is C21H23ClN2O3. The Kier molecular flexibility index (Phi) is 6.35. The number of likely N-dealkylation sites (tertiary alicyclic amines) is 1. The summed E-state index contributed by atoms with van der Waals surface area (Å²) in [7, 11) is 0. The van der Waals surface area contributed by atoms with Crippen molar-refractivity contribution < 1.29 is 14.3 Å². The van der Waals surface area contributed by atoms with Crippen LogP contribution in [0.4, 0.5) is 5.69 Å². The van der Waals surface area contributed by atoms with Crippen molar-refractivity contribution in [3.8, 4) is 5.75 Å². The molecule has 0 saturated carbocycles. The van der Waals surface area contributed by atoms with Crippen LogP contribution in [-0.2, 0) is 9.59 Å². The Morgan fingerprint density at radius 1 is 1.15 bits per heavy atom. The maximum absolute atomic E-state index is 12.5. The molecule has 2 aromatic rings. The van der Waals surface area contributed by atoms with Gasteiger partial charge in [-0.15, -0.1) is 0 Å². The Hall–Kier alpha value is -2.53. The van der Waals surface area contributed by atoms with Crippen molar-refractivity contribution in [2.45, 2.75) is 19.8 Å². The summed E-state index contributed by atoms with van der Waals surface area (Å²) in [6.45, 7) is 3.07. The average molecular weight is 387 g/mol. The van der Waals surface area contributed by atoms with E-state index in [9.17, 15) is 9.59 Å². The number of rotatable bonds is 5. The van der Waals surface area contributed by atoms with E-state index in [1.165, 1.54) is 0 Å². The minimum Gasteiger partial charge on any atom is -0.484 e. The zero-order chi connectivity index (χ0) is 19.2. The molecule has 5 nitrogen and oxygen atoms in total. The standard InChI is InChI=1S/C21H23ClN2O3/c1-15-7-8-19(18(22)13-15)23-21(26)16-9-11-24(12-10-16)20(25)14-27-17-5-3-2-4-6-17/h2-8,13,16H,9-12,14H2,1H3,(H,23,26). The number of halogens is 1. The number of amides is 2. The number of benzene rings is 2. The first-order chi connectivity index (χ1) is 13.0. The lowest BCUT2D eigenvalue weighted by Crippen LogP contribution is -2.43. The second-order valence-corrected chi connectivity index (χ2v) is 7.14. The van der Waals surface area contributed by atoms with Gasteiger partial charge in [0.25, 0.3) is 5.91 Å². The number of carbonyl (C=O) groups is 2. The summed E-state index contributed by atoms with van der Waals surface area (Å²) in [5.74, 6) is 0.448. The molecule has 1 fully saturated rings. The second-order valence-electron chi connectivity index (χ2n) is 6.73. The lowest BCUT2D eigenvalue weighted by Gasteiger charge is -2.31. The van der Waals surface area contributed by atoms with Gasteiger partial charge >= 0.3 is 0 Å². The number of hydrogen-bond acceptors (Lipinski definition) is 3. The van der Waals surface area contributed by atoms with E-state index < -0.39 is 0 Å². The molecule has 142 valence electrons. The van der Waals surface area contributed by atoms with Crippen molar-refractivity contribution in [3.63, 3.8) is 0 Å². The summed E-state index contributed by atoms with van der Waals surface area (Å²) >= 11 is 6.18. The number of aryl methyl sites for hydroxylation is 1. The predicted molar refractivity (Wildman–Crippen MR) is 106 cm³/mol. The highest BCUT2D eigenvalue weighted by molar-refractivity contribution is 6.33. The van der Waals surface area contributed by atoms with E-state index in [1.54, 1.807) is 4.90 Å². The number of piperidine rings is 1. The van der Waals surface area contributed by atoms with Crippen LogP contribution in [0.3, 0.4) is 0 Å². The van der Waals surface area contributed by atoms with Gasteiger partial charge in [-0.05, 0) is 49.6 Å². The lowest BCUT2D eigenvalue weighted by atomic mass is 9.95. The summed E-state index contributed by atoms with van der Waals surface area (Å²) < 4.78 is 5.51. The van der Waals surface area contributed by atoms with E-state index in [-0.39, 0.29) is 24.3 Å². The normalized spacial score (nSPS) is 14.7. The second kappa shape index (κ2) is 8.91. The fraction of sp³-hybridized carbons (Fsp3) is 0.333. The topological polar surface area (TPSA) is 58.6 Å². The third kappa shape index (κ3) is 5.23. The predicted octanol–water partition coefficient (Wildman–Crippen LogP) is 3.90. The summed E-state index contributed by atoms with van der Waals surface area (Å²) in [5, 5.41) is 3.43. The van der Waals surface area contributed by atoms with Gasteiger partial charge < -0.3 is 15.0 Å². The van der Waals surface area contributed by atoms with Gasteiger partial charge in [0, 0.05) is 19.0 Å². The van der Waals surface area contributed by atoms with E-state index in [0.29, 0.717) is 42.4 Å². The van der Waals surface area contributed by atoms with Crippen molar-refractivity contribution in [2.75, 3.05) is 25.0 Å². The Balaban J connectivity index is 1.46. The Bertz CT molecular complexity index is 802. The van der Waals surface area contributed by atoms with Crippen molar-refractivity contribution in [1.82, 2.24) is 4.90 Å². The van der Waals surface area contributed by atoms with Crippen LogP contribution in [0.25, 0.3) is 0 Å². The molecule has 1 aliphatic heterocycles. The molecule has 0 bridgehead atoms. The van der Waals surface area contributed by atoms with Crippen molar-refractivity contribution in [2.24, 2.45) is 5.92 Å². The van der Waals surface area contributed by atoms with Gasteiger partial charge in [0.15, 0.2) is 6.61 Å². The van der Waals surface area contributed by atoms with Crippen LogP contribution in [0, 0.1) is 12.8 Å². The number of nitrogens with zero attached hydrogens (tertiary/aromatic N) is 1. The summed E-state index contributed by atoms with van der Waals surface area (Å²) in [6, 6.07) is 14.8. The number of ether oxygens (including phenoxy) is 1. The molecule has 0 radical (unpaired) electrons. The van der Waals surface area contributed by atoms with Crippen LogP contribution < -0.4 is 10.1 Å². The fourth-order valence-electron chi connectivity index (χ4n) is 3.10. The Morgan fingerprint density at radius 2 is 1.85 bits per heavy atom. The monoisotopic (exact) mass is 386 g/mol. The molecule has 0 aromatic heterocycles. The zero-order valence-electron chi connectivity index (χ0n) is 15.3. The fourth-order valence-corrected chi connectivity index (χ4v) is 3.38. The van der Waals surface area contributed by atoms with Gasteiger partial charge in [-0.2, -0.15) is 0 Å². The largest absolute Gasteiger partial charge is 0.484 e. The van der Waals surface area contributed by atoms with Crippen LogP contribution in [-0.4, -0.2) is 36.4 Å². The van der Waals surface area contributed by atoms with Crippen LogP contribution in [0.5, 0.6) is 5.75 Å². The highest BCUT2D eigenvalue weighted by Crippen LogP contribution is 2.25. The van der Waals surface area contributed by atoms with Gasteiger partial charge in [0.2, 0.25) is 5.91 Å². The van der Waals surface area contributed by atoms with Gasteiger partial charge in [-0.25, -0.2) is 0 Å². The molecule has 1 heterocycles. The third-order valence-electron chi connectivity index (χ3n) is 4.71. The molecule has 2 amide bonds. The highest BCUT2D eigenvalue weighted by Gasteiger charge is 2.27. The Morgan fingerprint density at radius 3 is 2.52 bits per heavy atom. The molecule has 0 spiro atoms.